The van der Waals surface area contributed by atoms with Gasteiger partial charge in [-0.15, -0.1) is 24.0 Å². The Kier molecular flexibility index (Phi) is 11.2. The number of nitrogens with zero attached hydrogens (tertiary/aromatic N) is 5. The molecule has 1 aromatic heterocycles. The van der Waals surface area contributed by atoms with Crippen LogP contribution in [0.1, 0.15) is 32.5 Å². The van der Waals surface area contributed by atoms with Gasteiger partial charge >= 0.3 is 0 Å². The topological polar surface area (TPSA) is 70.4 Å². The van der Waals surface area contributed by atoms with Crippen molar-refractivity contribution < 1.29 is 0 Å². The van der Waals surface area contributed by atoms with Crippen LogP contribution in [0, 0.1) is 5.92 Å². The molecule has 0 aromatic carbocycles. The van der Waals surface area contributed by atoms with E-state index in [1.54, 1.807) is 18.1 Å². The van der Waals surface area contributed by atoms with Gasteiger partial charge in [0.05, 0.1) is 6.54 Å². The molecule has 134 valence electrons. The molecule has 7 nitrogen and oxygen atoms in total. The third-order valence-electron chi connectivity index (χ3n) is 4.18. The third-order valence-corrected chi connectivity index (χ3v) is 4.18. The zero-order valence-electron chi connectivity index (χ0n) is 15.2. The number of aryl methyl sites for hydroxylation is 1. The number of aromatic nitrogens is 3. The van der Waals surface area contributed by atoms with Crippen LogP contribution in [0.4, 0.5) is 0 Å². The largest absolute Gasteiger partial charge is 0.355 e. The Labute approximate surface area is 157 Å². The Morgan fingerprint density at radius 3 is 2.39 bits per heavy atom. The van der Waals surface area contributed by atoms with Crippen LogP contribution in [-0.4, -0.2) is 59.4 Å². The Morgan fingerprint density at radius 1 is 1.30 bits per heavy atom. The van der Waals surface area contributed by atoms with Crippen LogP contribution in [0.2, 0.25) is 0 Å². The standard InChI is InChI=1S/C15H31N7.HI/c1-7-12(8-2)13(21(4)5)9-17-15(16-3)18-10-14-19-11-20-22(14)6;/h11-13H,7-10H2,1-6H3,(H2,16,17,18);1H. The minimum atomic E-state index is 0. The van der Waals surface area contributed by atoms with Gasteiger partial charge < -0.3 is 15.5 Å². The number of nitrogens with one attached hydrogen (secondary N) is 2. The molecule has 0 radical (unpaired) electrons. The molecule has 2 N–H and O–H groups in total. The van der Waals surface area contributed by atoms with Crippen LogP contribution in [0.5, 0.6) is 0 Å². The van der Waals surface area contributed by atoms with E-state index in [9.17, 15) is 0 Å². The summed E-state index contributed by atoms with van der Waals surface area (Å²) in [5, 5.41) is 10.8. The predicted octanol–water partition coefficient (Wildman–Crippen LogP) is 1.46. The zero-order valence-corrected chi connectivity index (χ0v) is 17.5. The summed E-state index contributed by atoms with van der Waals surface area (Å²) in [5.74, 6) is 2.35. The van der Waals surface area contributed by atoms with Crippen molar-refractivity contribution in [3.8, 4) is 0 Å². The van der Waals surface area contributed by atoms with Gasteiger partial charge in [-0.2, -0.15) is 5.10 Å². The van der Waals surface area contributed by atoms with Crippen LogP contribution in [-0.2, 0) is 13.6 Å². The van der Waals surface area contributed by atoms with Gasteiger partial charge in [-0.05, 0) is 20.0 Å². The maximum absolute atomic E-state index is 4.28. The molecule has 0 spiro atoms. The van der Waals surface area contributed by atoms with E-state index in [4.69, 9.17) is 0 Å². The summed E-state index contributed by atoms with van der Waals surface area (Å²) < 4.78 is 1.76. The highest BCUT2D eigenvalue weighted by Crippen LogP contribution is 2.16. The van der Waals surface area contributed by atoms with Crippen LogP contribution in [0.3, 0.4) is 0 Å². The lowest BCUT2D eigenvalue weighted by molar-refractivity contribution is 0.200. The smallest absolute Gasteiger partial charge is 0.191 e. The molecule has 8 heteroatoms. The fourth-order valence-electron chi connectivity index (χ4n) is 2.67. The van der Waals surface area contributed by atoms with Crippen molar-refractivity contribution in [1.29, 1.82) is 0 Å². The molecule has 0 saturated carbocycles. The molecule has 0 aliphatic carbocycles. The van der Waals surface area contributed by atoms with Gasteiger partial charge in [0, 0.05) is 26.7 Å². The molecular weight excluding hydrogens is 405 g/mol. The minimum Gasteiger partial charge on any atom is -0.355 e. The van der Waals surface area contributed by atoms with E-state index < -0.39 is 0 Å². The summed E-state index contributed by atoms with van der Waals surface area (Å²) >= 11 is 0. The number of guanidine groups is 1. The number of rotatable bonds is 8. The van der Waals surface area contributed by atoms with E-state index in [1.165, 1.54) is 12.8 Å². The molecule has 0 aliphatic heterocycles. The van der Waals surface area contributed by atoms with Crippen LogP contribution in [0.25, 0.3) is 0 Å². The van der Waals surface area contributed by atoms with Crippen molar-refractivity contribution in [1.82, 2.24) is 30.3 Å². The molecule has 1 heterocycles. The van der Waals surface area contributed by atoms with E-state index in [1.807, 2.05) is 7.05 Å². The molecule has 23 heavy (non-hydrogen) atoms. The van der Waals surface area contributed by atoms with Gasteiger partial charge in [-0.3, -0.25) is 9.67 Å². The monoisotopic (exact) mass is 437 g/mol. The van der Waals surface area contributed by atoms with Gasteiger partial charge in [0.1, 0.15) is 12.2 Å². The Bertz CT molecular complexity index is 454. The number of aliphatic imine (C=N–C) groups is 1. The molecule has 0 amide bonds. The molecule has 0 fully saturated rings. The lowest BCUT2D eigenvalue weighted by atomic mass is 9.93. The highest BCUT2D eigenvalue weighted by Gasteiger charge is 2.20. The number of hydrogen-bond donors (Lipinski definition) is 2. The second kappa shape index (κ2) is 11.6. The SMILES string of the molecule is CCC(CC)C(CNC(=NC)NCc1ncnn1C)N(C)C.I. The summed E-state index contributed by atoms with van der Waals surface area (Å²) in [6, 6.07) is 0.489. The molecule has 0 saturated heterocycles. The summed E-state index contributed by atoms with van der Waals surface area (Å²) in [6.45, 7) is 5.99. The maximum atomic E-state index is 4.28. The normalized spacial score (nSPS) is 13.1. The lowest BCUT2D eigenvalue weighted by Crippen LogP contribution is -2.47. The number of hydrogen-bond acceptors (Lipinski definition) is 4. The molecule has 1 rings (SSSR count). The summed E-state index contributed by atoms with van der Waals surface area (Å²) in [4.78, 5) is 10.8. The highest BCUT2D eigenvalue weighted by molar-refractivity contribution is 14.0. The van der Waals surface area contributed by atoms with Crippen molar-refractivity contribution in [2.24, 2.45) is 18.0 Å². The summed E-state index contributed by atoms with van der Waals surface area (Å²) in [6.07, 6.45) is 3.93. The van der Waals surface area contributed by atoms with Crippen molar-refractivity contribution in [2.45, 2.75) is 39.3 Å². The van der Waals surface area contributed by atoms with Crippen LogP contribution < -0.4 is 10.6 Å². The van der Waals surface area contributed by atoms with Gasteiger partial charge in [0.15, 0.2) is 5.96 Å². The summed E-state index contributed by atoms with van der Waals surface area (Å²) in [7, 11) is 7.95. The maximum Gasteiger partial charge on any atom is 0.191 e. The van der Waals surface area contributed by atoms with Crippen molar-refractivity contribution in [2.75, 3.05) is 27.7 Å². The minimum absolute atomic E-state index is 0. The van der Waals surface area contributed by atoms with Gasteiger partial charge in [0.2, 0.25) is 0 Å². The molecule has 1 atom stereocenters. The molecule has 0 aliphatic rings. The van der Waals surface area contributed by atoms with Gasteiger partial charge in [0.25, 0.3) is 0 Å². The second-order valence-corrected chi connectivity index (χ2v) is 5.71. The first-order chi connectivity index (χ1) is 10.5. The van der Waals surface area contributed by atoms with Crippen LogP contribution >= 0.6 is 24.0 Å². The second-order valence-electron chi connectivity index (χ2n) is 5.71. The highest BCUT2D eigenvalue weighted by atomic mass is 127. The molecule has 0 bridgehead atoms. The van der Waals surface area contributed by atoms with E-state index in [-0.39, 0.29) is 24.0 Å². The fourth-order valence-corrected chi connectivity index (χ4v) is 2.67. The van der Waals surface area contributed by atoms with Crippen molar-refractivity contribution >= 4 is 29.9 Å². The first-order valence-electron chi connectivity index (χ1n) is 7.97. The average molecular weight is 437 g/mol. The lowest BCUT2D eigenvalue weighted by Gasteiger charge is -2.32. The first kappa shape index (κ1) is 22.1. The number of likely N-dealkylation sites (N-methyl/N-ethyl adjacent to an activating group) is 1. The van der Waals surface area contributed by atoms with E-state index in [2.05, 4.69) is 58.6 Å². The summed E-state index contributed by atoms with van der Waals surface area (Å²) in [5.41, 5.74) is 0. The van der Waals surface area contributed by atoms with Gasteiger partial charge in [-0.1, -0.05) is 26.7 Å². The molecule has 1 unspecified atom stereocenters. The van der Waals surface area contributed by atoms with Crippen molar-refractivity contribution in [3.05, 3.63) is 12.2 Å². The third kappa shape index (κ3) is 7.03. The quantitative estimate of drug-likeness (QED) is 0.366. The van der Waals surface area contributed by atoms with Gasteiger partial charge in [-0.25, -0.2) is 4.98 Å². The van der Waals surface area contributed by atoms with E-state index >= 15 is 0 Å². The Hall–Kier alpha value is -0.900. The van der Waals surface area contributed by atoms with Crippen LogP contribution in [0.15, 0.2) is 11.3 Å². The predicted molar refractivity (Wildman–Crippen MR) is 106 cm³/mol. The molecule has 1 aromatic rings. The van der Waals surface area contributed by atoms with E-state index in [0.717, 1.165) is 18.3 Å². The van der Waals surface area contributed by atoms with E-state index in [0.29, 0.717) is 18.5 Å². The number of halogens is 1. The zero-order chi connectivity index (χ0) is 16.5. The van der Waals surface area contributed by atoms with Crippen molar-refractivity contribution in [3.63, 3.8) is 0 Å². The Balaban J connectivity index is 0.00000484. The fraction of sp³-hybridized carbons (Fsp3) is 0.800. The molecular formula is C15H32IN7. The first-order valence-corrected chi connectivity index (χ1v) is 7.97. The Morgan fingerprint density at radius 2 is 1.96 bits per heavy atom. The average Bonchev–Trinajstić information content (AvgIpc) is 2.91.